The number of aliphatic hydroxyl groups is 1. The lowest BCUT2D eigenvalue weighted by atomic mass is 9.91. The number of aryl methyl sites for hydroxylation is 1. The average molecular weight is 263 g/mol. The second-order valence-electron chi connectivity index (χ2n) is 4.98. The molecule has 1 amide bonds. The summed E-state index contributed by atoms with van der Waals surface area (Å²) in [6.07, 6.45) is 0.682. The molecule has 0 spiro atoms. The lowest BCUT2D eigenvalue weighted by molar-refractivity contribution is 0.0771. The molecule has 0 saturated carbocycles. The molecule has 0 saturated heterocycles. The van der Waals surface area contributed by atoms with Crippen LogP contribution in [0.3, 0.4) is 0 Å². The van der Waals surface area contributed by atoms with Crippen LogP contribution in [0.2, 0.25) is 0 Å². The van der Waals surface area contributed by atoms with Crippen molar-refractivity contribution in [1.82, 2.24) is 4.90 Å². The Morgan fingerprint density at radius 3 is 2.47 bits per heavy atom. The van der Waals surface area contributed by atoms with Gasteiger partial charge in [0.1, 0.15) is 0 Å². The van der Waals surface area contributed by atoms with E-state index in [9.17, 15) is 4.79 Å². The highest BCUT2D eigenvalue weighted by Crippen LogP contribution is 2.25. The van der Waals surface area contributed by atoms with E-state index in [1.54, 1.807) is 0 Å². The summed E-state index contributed by atoms with van der Waals surface area (Å²) in [7, 11) is 0. The number of nitrogens with zero attached hydrogens (tertiary/aromatic N) is 1. The Morgan fingerprint density at radius 2 is 1.95 bits per heavy atom. The van der Waals surface area contributed by atoms with Crippen molar-refractivity contribution in [3.8, 4) is 0 Å². The molecule has 0 unspecified atom stereocenters. The first-order chi connectivity index (χ1) is 9.04. The molecule has 1 aromatic rings. The Labute approximate surface area is 116 Å². The van der Waals surface area contributed by atoms with E-state index in [2.05, 4.69) is 6.92 Å². The molecule has 19 heavy (non-hydrogen) atoms. The molecule has 3 heteroatoms. The van der Waals surface area contributed by atoms with Gasteiger partial charge in [0.25, 0.3) is 5.91 Å². The van der Waals surface area contributed by atoms with Gasteiger partial charge in [0, 0.05) is 25.3 Å². The van der Waals surface area contributed by atoms with E-state index < -0.39 is 0 Å². The minimum absolute atomic E-state index is 0.0912. The predicted octanol–water partition coefficient (Wildman–Crippen LogP) is 2.96. The monoisotopic (exact) mass is 263 g/mol. The van der Waals surface area contributed by atoms with Crippen LogP contribution in [-0.2, 0) is 0 Å². The topological polar surface area (TPSA) is 40.5 Å². The van der Waals surface area contributed by atoms with Gasteiger partial charge in [0.2, 0.25) is 0 Å². The maximum absolute atomic E-state index is 12.6. The van der Waals surface area contributed by atoms with E-state index in [4.69, 9.17) is 5.11 Å². The Bertz CT molecular complexity index is 425. The van der Waals surface area contributed by atoms with Crippen LogP contribution in [0, 0.1) is 6.92 Å². The van der Waals surface area contributed by atoms with Gasteiger partial charge in [-0.25, -0.2) is 0 Å². The number of rotatable bonds is 6. The molecule has 0 aliphatic heterocycles. The van der Waals surface area contributed by atoms with E-state index in [0.717, 1.165) is 29.8 Å². The van der Waals surface area contributed by atoms with Crippen molar-refractivity contribution >= 4 is 5.91 Å². The number of hydrogen-bond acceptors (Lipinski definition) is 2. The van der Waals surface area contributed by atoms with Crippen LogP contribution in [0.4, 0.5) is 0 Å². The lowest BCUT2D eigenvalue weighted by Gasteiger charge is -2.22. The van der Waals surface area contributed by atoms with Crippen LogP contribution in [0.15, 0.2) is 18.2 Å². The zero-order valence-corrected chi connectivity index (χ0v) is 12.4. The second kappa shape index (κ2) is 7.29. The average Bonchev–Trinajstić information content (AvgIpc) is 2.40. The third kappa shape index (κ3) is 3.80. The lowest BCUT2D eigenvalue weighted by Crippen LogP contribution is -2.31. The van der Waals surface area contributed by atoms with Crippen LogP contribution >= 0.6 is 0 Å². The van der Waals surface area contributed by atoms with Crippen molar-refractivity contribution in [2.75, 3.05) is 19.7 Å². The van der Waals surface area contributed by atoms with Crippen molar-refractivity contribution in [3.05, 3.63) is 34.9 Å². The normalized spacial score (nSPS) is 12.3. The summed E-state index contributed by atoms with van der Waals surface area (Å²) in [5, 5.41) is 9.09. The van der Waals surface area contributed by atoms with Gasteiger partial charge in [-0.15, -0.1) is 0 Å². The SMILES string of the molecule is CCN(CC)C(=O)c1cc(C)ccc1[C@H](C)CCO. The maximum Gasteiger partial charge on any atom is 0.254 e. The molecule has 0 aromatic heterocycles. The van der Waals surface area contributed by atoms with Crippen LogP contribution in [0.1, 0.15) is 54.6 Å². The minimum atomic E-state index is 0.0912. The van der Waals surface area contributed by atoms with Gasteiger partial charge < -0.3 is 10.0 Å². The van der Waals surface area contributed by atoms with E-state index in [1.165, 1.54) is 0 Å². The van der Waals surface area contributed by atoms with E-state index >= 15 is 0 Å². The molecule has 0 aliphatic rings. The zero-order valence-electron chi connectivity index (χ0n) is 12.4. The fourth-order valence-corrected chi connectivity index (χ4v) is 2.32. The van der Waals surface area contributed by atoms with E-state index in [1.807, 2.05) is 43.9 Å². The highest BCUT2D eigenvalue weighted by molar-refractivity contribution is 5.96. The summed E-state index contributed by atoms with van der Waals surface area (Å²) in [6.45, 7) is 9.63. The third-order valence-electron chi connectivity index (χ3n) is 3.58. The number of benzene rings is 1. The Balaban J connectivity index is 3.16. The molecular weight excluding hydrogens is 238 g/mol. The summed E-state index contributed by atoms with van der Waals surface area (Å²) < 4.78 is 0. The van der Waals surface area contributed by atoms with Crippen LogP contribution in [0.25, 0.3) is 0 Å². The smallest absolute Gasteiger partial charge is 0.254 e. The molecular formula is C16H25NO2. The zero-order chi connectivity index (χ0) is 14.4. The van der Waals surface area contributed by atoms with Crippen LogP contribution in [-0.4, -0.2) is 35.6 Å². The van der Waals surface area contributed by atoms with Gasteiger partial charge in [-0.3, -0.25) is 4.79 Å². The summed E-state index contributed by atoms with van der Waals surface area (Å²) >= 11 is 0. The molecule has 0 heterocycles. The molecule has 0 aliphatic carbocycles. The molecule has 1 N–H and O–H groups in total. The molecule has 106 valence electrons. The summed E-state index contributed by atoms with van der Waals surface area (Å²) in [5.74, 6) is 0.286. The predicted molar refractivity (Wildman–Crippen MR) is 78.5 cm³/mol. The molecule has 1 aromatic carbocycles. The summed E-state index contributed by atoms with van der Waals surface area (Å²) in [5.41, 5.74) is 2.91. The minimum Gasteiger partial charge on any atom is -0.396 e. The Kier molecular flexibility index (Phi) is 6.03. The first-order valence-corrected chi connectivity index (χ1v) is 7.05. The highest BCUT2D eigenvalue weighted by Gasteiger charge is 2.19. The number of aliphatic hydroxyl groups excluding tert-OH is 1. The van der Waals surface area contributed by atoms with Crippen LogP contribution < -0.4 is 0 Å². The Hall–Kier alpha value is -1.35. The standard InChI is InChI=1S/C16H25NO2/c1-5-17(6-2)16(19)15-11-12(3)7-8-14(15)13(4)9-10-18/h7-8,11,13,18H,5-6,9-10H2,1-4H3/t13-/m1/s1. The molecule has 1 atom stereocenters. The molecule has 0 fully saturated rings. The van der Waals surface area contributed by atoms with Gasteiger partial charge in [0.05, 0.1) is 0 Å². The fourth-order valence-electron chi connectivity index (χ4n) is 2.32. The van der Waals surface area contributed by atoms with Gasteiger partial charge in [-0.1, -0.05) is 24.6 Å². The van der Waals surface area contributed by atoms with Crippen molar-refractivity contribution in [1.29, 1.82) is 0 Å². The van der Waals surface area contributed by atoms with Crippen molar-refractivity contribution in [3.63, 3.8) is 0 Å². The van der Waals surface area contributed by atoms with E-state index in [-0.39, 0.29) is 18.4 Å². The first-order valence-electron chi connectivity index (χ1n) is 7.05. The van der Waals surface area contributed by atoms with Crippen molar-refractivity contribution in [2.45, 2.75) is 40.0 Å². The van der Waals surface area contributed by atoms with Gasteiger partial charge >= 0.3 is 0 Å². The first kappa shape index (κ1) is 15.7. The largest absolute Gasteiger partial charge is 0.396 e. The van der Waals surface area contributed by atoms with Gasteiger partial charge in [-0.05, 0) is 44.7 Å². The fraction of sp³-hybridized carbons (Fsp3) is 0.562. The third-order valence-corrected chi connectivity index (χ3v) is 3.58. The van der Waals surface area contributed by atoms with E-state index in [0.29, 0.717) is 6.42 Å². The van der Waals surface area contributed by atoms with Crippen LogP contribution in [0.5, 0.6) is 0 Å². The van der Waals surface area contributed by atoms with Gasteiger partial charge in [-0.2, -0.15) is 0 Å². The second-order valence-corrected chi connectivity index (χ2v) is 4.98. The summed E-state index contributed by atoms with van der Waals surface area (Å²) in [4.78, 5) is 14.4. The van der Waals surface area contributed by atoms with Gasteiger partial charge in [0.15, 0.2) is 0 Å². The van der Waals surface area contributed by atoms with Crippen molar-refractivity contribution in [2.24, 2.45) is 0 Å². The maximum atomic E-state index is 12.6. The van der Waals surface area contributed by atoms with Crippen molar-refractivity contribution < 1.29 is 9.90 Å². The number of carbonyl (C=O) groups is 1. The Morgan fingerprint density at radius 1 is 1.32 bits per heavy atom. The number of carbonyl (C=O) groups excluding carboxylic acids is 1. The quantitative estimate of drug-likeness (QED) is 0.857. The highest BCUT2D eigenvalue weighted by atomic mass is 16.3. The molecule has 1 rings (SSSR count). The number of hydrogen-bond donors (Lipinski definition) is 1. The molecule has 0 radical (unpaired) electrons. The number of amides is 1. The molecule has 0 bridgehead atoms. The molecule has 3 nitrogen and oxygen atoms in total. The summed E-state index contributed by atoms with van der Waals surface area (Å²) in [6, 6.07) is 6.01.